The van der Waals surface area contributed by atoms with Gasteiger partial charge in [-0.1, -0.05) is 6.07 Å². The molecule has 1 N–H and O–H groups in total. The maximum absolute atomic E-state index is 12.5. The fourth-order valence-electron chi connectivity index (χ4n) is 3.11. The maximum atomic E-state index is 12.5. The highest BCUT2D eigenvalue weighted by molar-refractivity contribution is 5.76. The zero-order valence-corrected chi connectivity index (χ0v) is 14.5. The third-order valence-corrected chi connectivity index (χ3v) is 4.16. The van der Waals surface area contributed by atoms with Crippen molar-refractivity contribution >= 4 is 5.91 Å². The number of amides is 1. The van der Waals surface area contributed by atoms with Crippen LogP contribution in [0.3, 0.4) is 0 Å². The summed E-state index contributed by atoms with van der Waals surface area (Å²) in [6, 6.07) is 3.61. The van der Waals surface area contributed by atoms with Gasteiger partial charge in [-0.3, -0.25) is 14.5 Å². The number of β-amino-alcohol motifs (C(OH)–C–C–N with tert-alkyl or cyclic N) is 1. The normalized spacial score (nSPS) is 19.9. The summed E-state index contributed by atoms with van der Waals surface area (Å²) in [5, 5.41) is 9.92. The van der Waals surface area contributed by atoms with Crippen molar-refractivity contribution in [2.75, 3.05) is 26.2 Å². The molecule has 1 fully saturated rings. The van der Waals surface area contributed by atoms with E-state index in [0.29, 0.717) is 18.7 Å². The molecule has 0 bridgehead atoms. The number of aromatic nitrogens is 1. The van der Waals surface area contributed by atoms with Crippen molar-refractivity contribution in [3.05, 3.63) is 34.2 Å². The van der Waals surface area contributed by atoms with E-state index < -0.39 is 5.60 Å². The highest BCUT2D eigenvalue weighted by Crippen LogP contribution is 2.13. The summed E-state index contributed by atoms with van der Waals surface area (Å²) in [6.07, 6.45) is 1.66. The van der Waals surface area contributed by atoms with Crippen LogP contribution in [0.1, 0.15) is 26.3 Å². The van der Waals surface area contributed by atoms with Gasteiger partial charge in [0.2, 0.25) is 5.91 Å². The second kappa shape index (κ2) is 6.84. The van der Waals surface area contributed by atoms with Gasteiger partial charge in [0.05, 0.1) is 5.60 Å². The van der Waals surface area contributed by atoms with Crippen LogP contribution in [0, 0.1) is 6.92 Å². The Kier molecular flexibility index (Phi) is 5.26. The molecule has 1 saturated heterocycles. The Morgan fingerprint density at radius 3 is 2.70 bits per heavy atom. The van der Waals surface area contributed by atoms with Crippen molar-refractivity contribution in [1.29, 1.82) is 0 Å². The van der Waals surface area contributed by atoms with Crippen LogP contribution in [0.2, 0.25) is 0 Å². The van der Waals surface area contributed by atoms with Gasteiger partial charge in [-0.05, 0) is 33.8 Å². The summed E-state index contributed by atoms with van der Waals surface area (Å²) in [4.78, 5) is 28.6. The van der Waals surface area contributed by atoms with Crippen LogP contribution in [-0.4, -0.2) is 63.2 Å². The first-order valence-corrected chi connectivity index (χ1v) is 8.07. The number of piperazine rings is 1. The van der Waals surface area contributed by atoms with Crippen LogP contribution in [0.15, 0.2) is 23.1 Å². The van der Waals surface area contributed by atoms with E-state index >= 15 is 0 Å². The molecule has 6 nitrogen and oxygen atoms in total. The van der Waals surface area contributed by atoms with Crippen molar-refractivity contribution < 1.29 is 9.90 Å². The predicted octanol–water partition coefficient (Wildman–Crippen LogP) is 0.460. The summed E-state index contributed by atoms with van der Waals surface area (Å²) >= 11 is 0. The number of carbonyl (C=O) groups is 1. The molecule has 1 amide bonds. The van der Waals surface area contributed by atoms with Crippen LogP contribution >= 0.6 is 0 Å². The molecule has 0 aliphatic carbocycles. The van der Waals surface area contributed by atoms with Gasteiger partial charge in [0.25, 0.3) is 5.56 Å². The van der Waals surface area contributed by atoms with Crippen LogP contribution in [0.25, 0.3) is 0 Å². The van der Waals surface area contributed by atoms with Crippen molar-refractivity contribution in [1.82, 2.24) is 14.4 Å². The van der Waals surface area contributed by atoms with Crippen molar-refractivity contribution in [3.63, 3.8) is 0 Å². The molecular weight excluding hydrogens is 294 g/mol. The van der Waals surface area contributed by atoms with Gasteiger partial charge < -0.3 is 14.6 Å². The van der Waals surface area contributed by atoms with Crippen molar-refractivity contribution in [3.8, 4) is 0 Å². The third kappa shape index (κ3) is 4.65. The minimum Gasteiger partial charge on any atom is -0.389 e. The predicted molar refractivity (Wildman–Crippen MR) is 89.4 cm³/mol. The van der Waals surface area contributed by atoms with E-state index in [4.69, 9.17) is 0 Å². The lowest BCUT2D eigenvalue weighted by Gasteiger charge is -2.41. The molecule has 0 spiro atoms. The Hall–Kier alpha value is -1.66. The van der Waals surface area contributed by atoms with Gasteiger partial charge in [0, 0.05) is 44.0 Å². The first kappa shape index (κ1) is 17.7. The van der Waals surface area contributed by atoms with Gasteiger partial charge in [-0.15, -0.1) is 0 Å². The zero-order chi connectivity index (χ0) is 17.2. The molecule has 1 aromatic heterocycles. The first-order chi connectivity index (χ1) is 10.7. The Balaban J connectivity index is 1.99. The van der Waals surface area contributed by atoms with E-state index in [1.807, 2.05) is 11.8 Å². The highest BCUT2D eigenvalue weighted by Gasteiger charge is 2.29. The van der Waals surface area contributed by atoms with E-state index in [0.717, 1.165) is 13.1 Å². The summed E-state index contributed by atoms with van der Waals surface area (Å²) in [7, 11) is 0. The molecule has 2 rings (SSSR count). The standard InChI is InChI=1S/C17H27N3O3/c1-13-6-5-7-19(16(13)22)11-15(21)20-9-8-18(10-14(20)2)12-17(3,4)23/h5-7,14,23H,8-12H2,1-4H3. The number of pyridine rings is 1. The number of rotatable bonds is 4. The van der Waals surface area contributed by atoms with E-state index in [2.05, 4.69) is 4.90 Å². The monoisotopic (exact) mass is 321 g/mol. The van der Waals surface area contributed by atoms with E-state index in [9.17, 15) is 14.7 Å². The first-order valence-electron chi connectivity index (χ1n) is 8.07. The van der Waals surface area contributed by atoms with Crippen LogP contribution in [-0.2, 0) is 11.3 Å². The lowest BCUT2D eigenvalue weighted by atomic mass is 10.1. The summed E-state index contributed by atoms with van der Waals surface area (Å²) < 4.78 is 1.47. The molecule has 0 radical (unpaired) electrons. The second-order valence-corrected chi connectivity index (χ2v) is 7.11. The third-order valence-electron chi connectivity index (χ3n) is 4.16. The minimum atomic E-state index is -0.735. The molecule has 128 valence electrons. The Labute approximate surface area is 137 Å². The maximum Gasteiger partial charge on any atom is 0.253 e. The lowest BCUT2D eigenvalue weighted by Crippen LogP contribution is -2.57. The number of aryl methyl sites for hydroxylation is 1. The number of carbonyl (C=O) groups excluding carboxylic acids is 1. The SMILES string of the molecule is Cc1cccn(CC(=O)N2CCN(CC(C)(C)O)CC2C)c1=O. The second-order valence-electron chi connectivity index (χ2n) is 7.11. The smallest absolute Gasteiger partial charge is 0.253 e. The van der Waals surface area contributed by atoms with E-state index in [1.54, 1.807) is 39.1 Å². The molecule has 1 atom stereocenters. The summed E-state index contributed by atoms with van der Waals surface area (Å²) in [6.45, 7) is 10.1. The Bertz CT molecular complexity index is 618. The number of nitrogens with zero attached hydrogens (tertiary/aromatic N) is 3. The molecule has 6 heteroatoms. The molecule has 23 heavy (non-hydrogen) atoms. The lowest BCUT2D eigenvalue weighted by molar-refractivity contribution is -0.136. The summed E-state index contributed by atoms with van der Waals surface area (Å²) in [5.74, 6) is -0.0342. The topological polar surface area (TPSA) is 65.8 Å². The van der Waals surface area contributed by atoms with Crippen LogP contribution < -0.4 is 5.56 Å². The van der Waals surface area contributed by atoms with Gasteiger partial charge in [-0.25, -0.2) is 0 Å². The molecule has 2 heterocycles. The fraction of sp³-hybridized carbons (Fsp3) is 0.647. The Morgan fingerprint density at radius 1 is 1.39 bits per heavy atom. The average Bonchev–Trinajstić information content (AvgIpc) is 2.42. The molecule has 1 aliphatic rings. The number of hydrogen-bond acceptors (Lipinski definition) is 4. The fourth-order valence-corrected chi connectivity index (χ4v) is 3.11. The van der Waals surface area contributed by atoms with Gasteiger partial charge >= 0.3 is 0 Å². The molecule has 0 aromatic carbocycles. The van der Waals surface area contributed by atoms with E-state index in [1.165, 1.54) is 4.57 Å². The van der Waals surface area contributed by atoms with Crippen LogP contribution in [0.5, 0.6) is 0 Å². The van der Waals surface area contributed by atoms with E-state index in [-0.39, 0.29) is 24.1 Å². The summed E-state index contributed by atoms with van der Waals surface area (Å²) in [5.41, 5.74) is -0.210. The average molecular weight is 321 g/mol. The van der Waals surface area contributed by atoms with Crippen molar-refractivity contribution in [2.45, 2.75) is 45.9 Å². The molecule has 0 saturated carbocycles. The number of aliphatic hydroxyl groups is 1. The van der Waals surface area contributed by atoms with Gasteiger partial charge in [0.1, 0.15) is 6.54 Å². The van der Waals surface area contributed by atoms with Crippen LogP contribution in [0.4, 0.5) is 0 Å². The highest BCUT2D eigenvalue weighted by atomic mass is 16.3. The van der Waals surface area contributed by atoms with Gasteiger partial charge in [-0.2, -0.15) is 0 Å². The van der Waals surface area contributed by atoms with Gasteiger partial charge in [0.15, 0.2) is 0 Å². The molecular formula is C17H27N3O3. The quantitative estimate of drug-likeness (QED) is 0.875. The minimum absolute atomic E-state index is 0.0342. The zero-order valence-electron chi connectivity index (χ0n) is 14.5. The largest absolute Gasteiger partial charge is 0.389 e. The van der Waals surface area contributed by atoms with Crippen molar-refractivity contribution in [2.24, 2.45) is 0 Å². The Morgan fingerprint density at radius 2 is 2.09 bits per heavy atom. The molecule has 1 unspecified atom stereocenters. The molecule has 1 aliphatic heterocycles. The molecule has 1 aromatic rings. The number of hydrogen-bond donors (Lipinski definition) is 1.